The molecule has 2 aliphatic heterocycles. The fraction of sp³-hybridized carbons (Fsp3) is 1.00. The van der Waals surface area contributed by atoms with E-state index < -0.39 is 0 Å². The van der Waals surface area contributed by atoms with Crippen molar-refractivity contribution in [1.82, 2.24) is 9.80 Å². The molecule has 15 heavy (non-hydrogen) atoms. The Hall–Kier alpha value is 0.477. The zero-order chi connectivity index (χ0) is 9.97. The predicted octanol–water partition coefficient (Wildman–Crippen LogP) is -3.09. The van der Waals surface area contributed by atoms with Gasteiger partial charge < -0.3 is 14.9 Å². The minimum absolute atomic E-state index is 0. The molecule has 0 bridgehead atoms. The third-order valence-electron chi connectivity index (χ3n) is 3.81. The van der Waals surface area contributed by atoms with Crippen LogP contribution in [-0.2, 0) is 0 Å². The molecule has 0 unspecified atom stereocenters. The standard InChI is InChI=1S/C11H21N2O.Li/c1-12-6-2-4-10(12)8-13-7-3-5-11(13)9-14;/h10-11H,2-9H2,1H3;/q-1;+1/t10-,11+;/m0./s1. The molecule has 2 fully saturated rings. The van der Waals surface area contributed by atoms with Crippen LogP contribution in [0.1, 0.15) is 25.7 Å². The van der Waals surface area contributed by atoms with Crippen molar-refractivity contribution in [2.75, 3.05) is 33.3 Å². The first kappa shape index (κ1) is 13.5. The maximum Gasteiger partial charge on any atom is 1.00 e. The summed E-state index contributed by atoms with van der Waals surface area (Å²) in [4.78, 5) is 4.86. The molecule has 0 spiro atoms. The first-order valence-electron chi connectivity index (χ1n) is 5.83. The van der Waals surface area contributed by atoms with Crippen molar-refractivity contribution in [3.63, 3.8) is 0 Å². The van der Waals surface area contributed by atoms with Gasteiger partial charge in [0.05, 0.1) is 0 Å². The van der Waals surface area contributed by atoms with Crippen LogP contribution in [-0.4, -0.2) is 55.2 Å². The molecule has 0 aromatic carbocycles. The predicted molar refractivity (Wildman–Crippen MR) is 55.1 cm³/mol. The molecule has 0 radical (unpaired) electrons. The minimum Gasteiger partial charge on any atom is -0.853 e. The zero-order valence-corrected chi connectivity index (χ0v) is 10.1. The summed E-state index contributed by atoms with van der Waals surface area (Å²) in [5, 5.41) is 10.9. The van der Waals surface area contributed by atoms with Gasteiger partial charge in [0, 0.05) is 12.6 Å². The van der Waals surface area contributed by atoms with E-state index in [2.05, 4.69) is 16.8 Å². The van der Waals surface area contributed by atoms with E-state index in [9.17, 15) is 5.11 Å². The Morgan fingerprint density at radius 3 is 2.40 bits per heavy atom. The van der Waals surface area contributed by atoms with Gasteiger partial charge in [-0.15, -0.1) is 6.61 Å². The zero-order valence-electron chi connectivity index (χ0n) is 10.1. The van der Waals surface area contributed by atoms with E-state index in [1.54, 1.807) is 0 Å². The molecule has 2 rings (SSSR count). The molecule has 2 saturated heterocycles. The molecular formula is C11H21LiN2O. The van der Waals surface area contributed by atoms with Gasteiger partial charge in [-0.3, -0.25) is 0 Å². The first-order valence-corrected chi connectivity index (χ1v) is 5.83. The van der Waals surface area contributed by atoms with Crippen molar-refractivity contribution >= 4 is 0 Å². The summed E-state index contributed by atoms with van der Waals surface area (Å²) < 4.78 is 0. The number of likely N-dealkylation sites (N-methyl/N-ethyl adjacent to an activating group) is 1. The van der Waals surface area contributed by atoms with Crippen LogP contribution in [0.5, 0.6) is 0 Å². The summed E-state index contributed by atoms with van der Waals surface area (Å²) in [7, 11) is 2.21. The number of hydrogen-bond donors (Lipinski definition) is 0. The maximum atomic E-state index is 10.9. The topological polar surface area (TPSA) is 29.5 Å². The van der Waals surface area contributed by atoms with Crippen molar-refractivity contribution in [1.29, 1.82) is 0 Å². The Kier molecular flexibility index (Phi) is 5.66. The average molecular weight is 204 g/mol. The van der Waals surface area contributed by atoms with Gasteiger partial charge in [0.25, 0.3) is 0 Å². The largest absolute Gasteiger partial charge is 1.00 e. The molecule has 3 nitrogen and oxygen atoms in total. The molecule has 4 heteroatoms. The molecule has 0 N–H and O–H groups in total. The smallest absolute Gasteiger partial charge is 0.853 e. The van der Waals surface area contributed by atoms with Crippen molar-refractivity contribution in [3.05, 3.63) is 0 Å². The van der Waals surface area contributed by atoms with Crippen LogP contribution >= 0.6 is 0 Å². The van der Waals surface area contributed by atoms with Gasteiger partial charge in [0.2, 0.25) is 0 Å². The molecule has 0 amide bonds. The average Bonchev–Trinajstić information content (AvgIpc) is 2.77. The number of likely N-dealkylation sites (tertiary alicyclic amines) is 2. The molecule has 0 aromatic heterocycles. The van der Waals surface area contributed by atoms with Gasteiger partial charge in [0.1, 0.15) is 0 Å². The SMILES string of the molecule is CN1CCC[C@H]1CN1CCC[C@@H]1C[O-].[Li+]. The van der Waals surface area contributed by atoms with Gasteiger partial charge >= 0.3 is 18.9 Å². The van der Waals surface area contributed by atoms with Crippen LogP contribution in [0.25, 0.3) is 0 Å². The fourth-order valence-electron chi connectivity index (χ4n) is 2.80. The van der Waals surface area contributed by atoms with Gasteiger partial charge in [-0.05, 0) is 51.9 Å². The second kappa shape index (κ2) is 6.27. The van der Waals surface area contributed by atoms with Gasteiger partial charge in [-0.25, -0.2) is 0 Å². The quantitative estimate of drug-likeness (QED) is 0.456. The summed E-state index contributed by atoms with van der Waals surface area (Å²) in [6.45, 7) is 3.61. The van der Waals surface area contributed by atoms with Crippen LogP contribution in [0, 0.1) is 0 Å². The van der Waals surface area contributed by atoms with E-state index >= 15 is 0 Å². The summed E-state index contributed by atoms with van der Waals surface area (Å²) in [6.07, 6.45) is 5.00. The van der Waals surface area contributed by atoms with E-state index in [1.165, 1.54) is 25.8 Å². The molecule has 82 valence electrons. The minimum atomic E-state index is 0. The Labute approximate surface area is 105 Å². The van der Waals surface area contributed by atoms with Crippen LogP contribution in [0.4, 0.5) is 0 Å². The van der Waals surface area contributed by atoms with Crippen LogP contribution in [0.15, 0.2) is 0 Å². The second-order valence-corrected chi connectivity index (χ2v) is 4.73. The monoisotopic (exact) mass is 204 g/mol. The number of nitrogens with zero attached hydrogens (tertiary/aromatic N) is 2. The second-order valence-electron chi connectivity index (χ2n) is 4.73. The number of rotatable bonds is 3. The van der Waals surface area contributed by atoms with Gasteiger partial charge in [-0.1, -0.05) is 0 Å². The van der Waals surface area contributed by atoms with Crippen LogP contribution in [0.3, 0.4) is 0 Å². The Morgan fingerprint density at radius 1 is 1.13 bits per heavy atom. The molecule has 2 aliphatic rings. The Balaban J connectivity index is 0.00000112. The molecule has 2 atom stereocenters. The fourth-order valence-corrected chi connectivity index (χ4v) is 2.80. The van der Waals surface area contributed by atoms with Crippen LogP contribution in [0.2, 0.25) is 0 Å². The molecular weight excluding hydrogens is 183 g/mol. The normalized spacial score (nSPS) is 33.2. The Bertz CT molecular complexity index is 191. The summed E-state index contributed by atoms with van der Waals surface area (Å²) >= 11 is 0. The third-order valence-corrected chi connectivity index (χ3v) is 3.81. The molecule has 2 heterocycles. The van der Waals surface area contributed by atoms with Crippen molar-refractivity contribution < 1.29 is 24.0 Å². The number of hydrogen-bond acceptors (Lipinski definition) is 3. The van der Waals surface area contributed by atoms with E-state index in [1.807, 2.05) is 0 Å². The Morgan fingerprint density at radius 2 is 1.80 bits per heavy atom. The van der Waals surface area contributed by atoms with Crippen molar-refractivity contribution in [2.24, 2.45) is 0 Å². The van der Waals surface area contributed by atoms with Gasteiger partial charge in [-0.2, -0.15) is 0 Å². The summed E-state index contributed by atoms with van der Waals surface area (Å²) in [6, 6.07) is 1.05. The van der Waals surface area contributed by atoms with E-state index in [-0.39, 0.29) is 25.5 Å². The van der Waals surface area contributed by atoms with E-state index in [4.69, 9.17) is 0 Å². The summed E-state index contributed by atoms with van der Waals surface area (Å²) in [5.41, 5.74) is 0. The third kappa shape index (κ3) is 3.22. The van der Waals surface area contributed by atoms with Crippen LogP contribution < -0.4 is 24.0 Å². The van der Waals surface area contributed by atoms with Crippen molar-refractivity contribution in [2.45, 2.75) is 37.8 Å². The molecule has 0 saturated carbocycles. The van der Waals surface area contributed by atoms with E-state index in [0.29, 0.717) is 12.1 Å². The van der Waals surface area contributed by atoms with Crippen molar-refractivity contribution in [3.8, 4) is 0 Å². The maximum absolute atomic E-state index is 10.9. The van der Waals surface area contributed by atoms with Gasteiger partial charge in [0.15, 0.2) is 0 Å². The first-order chi connectivity index (χ1) is 6.81. The summed E-state index contributed by atoms with van der Waals surface area (Å²) in [5.74, 6) is 0. The molecule has 0 aliphatic carbocycles. The van der Waals surface area contributed by atoms with E-state index in [0.717, 1.165) is 19.5 Å². The molecule has 0 aromatic rings.